The van der Waals surface area contributed by atoms with Crippen molar-refractivity contribution in [3.05, 3.63) is 139 Å². The van der Waals surface area contributed by atoms with Gasteiger partial charge in [0, 0.05) is 37.2 Å². The third-order valence-electron chi connectivity index (χ3n) is 8.71. The average molecular weight is 867 g/mol. The number of aromatic nitrogens is 2. The van der Waals surface area contributed by atoms with Crippen LogP contribution in [-0.2, 0) is 26.5 Å². The average Bonchev–Trinajstić information content (AvgIpc) is 3.47. The Kier molecular flexibility index (Phi) is 11.7. The van der Waals surface area contributed by atoms with Crippen LogP contribution in [-0.4, -0.2) is 18.0 Å². The van der Waals surface area contributed by atoms with E-state index in [9.17, 15) is 0 Å². The first-order valence-electron chi connectivity index (χ1n) is 17.2. The Morgan fingerprint density at radius 1 is 0.780 bits per heavy atom. The molecule has 0 aliphatic rings. The summed E-state index contributed by atoms with van der Waals surface area (Å²) >= 11 is 1.84. The minimum absolute atomic E-state index is 0. The molecule has 0 amide bonds. The van der Waals surface area contributed by atoms with E-state index in [-0.39, 0.29) is 25.5 Å². The molecule has 0 spiro atoms. The van der Waals surface area contributed by atoms with E-state index in [4.69, 9.17) is 4.98 Å². The molecule has 2 nitrogen and oxygen atoms in total. The molecule has 7 aromatic rings. The van der Waals surface area contributed by atoms with E-state index in [0.29, 0.717) is 5.92 Å². The SMILES string of the molecule is CC(C)(C)Cc1ccnc(-c2[c-]ccc3c2sc2cccc(-c4ccccc4)c23)c1.CC(C)c1cc(-c2[c-]cccc2)ncc1[Si](C)(C)C.[Ir]. The van der Waals surface area contributed by atoms with Crippen LogP contribution < -0.4 is 5.19 Å². The van der Waals surface area contributed by atoms with Crippen LogP contribution in [0, 0.1) is 17.5 Å². The summed E-state index contributed by atoms with van der Waals surface area (Å²) in [6, 6.07) is 42.9. The number of hydrogen-bond acceptors (Lipinski definition) is 3. The Bertz CT molecular complexity index is 2190. The maximum Gasteiger partial charge on any atom is 0.0799 e. The van der Waals surface area contributed by atoms with Gasteiger partial charge in [-0.3, -0.25) is 0 Å². The van der Waals surface area contributed by atoms with Crippen molar-refractivity contribution in [2.24, 2.45) is 5.41 Å². The predicted molar refractivity (Wildman–Crippen MR) is 216 cm³/mol. The molecule has 0 unspecified atom stereocenters. The maximum atomic E-state index is 4.72. The molecule has 7 rings (SSSR count). The Morgan fingerprint density at radius 3 is 2.22 bits per heavy atom. The van der Waals surface area contributed by atoms with E-state index >= 15 is 0 Å². The van der Waals surface area contributed by atoms with Crippen LogP contribution in [0.5, 0.6) is 0 Å². The van der Waals surface area contributed by atoms with Crippen LogP contribution in [0.2, 0.25) is 19.6 Å². The Labute approximate surface area is 317 Å². The molecule has 3 aromatic heterocycles. The molecule has 0 N–H and O–H groups in total. The second-order valence-electron chi connectivity index (χ2n) is 15.4. The van der Waals surface area contributed by atoms with E-state index in [1.165, 1.54) is 47.6 Å². The van der Waals surface area contributed by atoms with Crippen LogP contribution in [0.3, 0.4) is 0 Å². The number of pyridine rings is 2. The van der Waals surface area contributed by atoms with Crippen molar-refractivity contribution in [1.29, 1.82) is 0 Å². The van der Waals surface area contributed by atoms with Gasteiger partial charge in [0.15, 0.2) is 0 Å². The molecule has 5 heteroatoms. The summed E-state index contributed by atoms with van der Waals surface area (Å²) in [7, 11) is -1.34. The van der Waals surface area contributed by atoms with Crippen LogP contribution >= 0.6 is 11.3 Å². The number of thiophene rings is 1. The second-order valence-corrected chi connectivity index (χ2v) is 21.5. The largest absolute Gasteiger partial charge is 0.305 e. The molecule has 0 saturated carbocycles. The fourth-order valence-electron chi connectivity index (χ4n) is 6.45. The summed E-state index contributed by atoms with van der Waals surface area (Å²) < 4.78 is 2.56. The molecule has 0 fully saturated rings. The molecule has 257 valence electrons. The molecular weight excluding hydrogens is 821 g/mol. The van der Waals surface area contributed by atoms with E-state index in [1.807, 2.05) is 41.8 Å². The quantitative estimate of drug-likeness (QED) is 0.123. The Morgan fingerprint density at radius 2 is 1.54 bits per heavy atom. The number of nitrogens with zero attached hydrogens (tertiary/aromatic N) is 2. The van der Waals surface area contributed by atoms with Crippen molar-refractivity contribution >= 4 is 44.8 Å². The van der Waals surface area contributed by atoms with Gasteiger partial charge in [-0.2, -0.15) is 11.3 Å². The third-order valence-corrected chi connectivity index (χ3v) is 11.9. The van der Waals surface area contributed by atoms with Crippen molar-refractivity contribution in [3.8, 4) is 33.6 Å². The molecule has 3 heterocycles. The monoisotopic (exact) mass is 867 g/mol. The van der Waals surface area contributed by atoms with Gasteiger partial charge in [-0.1, -0.05) is 125 Å². The number of hydrogen-bond donors (Lipinski definition) is 0. The third kappa shape index (κ3) is 8.58. The first-order chi connectivity index (χ1) is 23.4. The number of rotatable bonds is 6. The van der Waals surface area contributed by atoms with E-state index < -0.39 is 8.07 Å². The normalized spacial score (nSPS) is 11.7. The van der Waals surface area contributed by atoms with E-state index in [0.717, 1.165) is 28.9 Å². The molecule has 50 heavy (non-hydrogen) atoms. The van der Waals surface area contributed by atoms with Gasteiger partial charge in [0.2, 0.25) is 0 Å². The molecule has 0 aliphatic heterocycles. The van der Waals surface area contributed by atoms with Crippen molar-refractivity contribution in [1.82, 2.24) is 9.97 Å². The van der Waals surface area contributed by atoms with Gasteiger partial charge in [-0.15, -0.1) is 59.7 Å². The van der Waals surface area contributed by atoms with Gasteiger partial charge in [-0.25, -0.2) is 0 Å². The summed E-state index contributed by atoms with van der Waals surface area (Å²) in [5.74, 6) is 0.534. The van der Waals surface area contributed by atoms with E-state index in [1.54, 1.807) is 0 Å². The van der Waals surface area contributed by atoms with Gasteiger partial charge in [0.25, 0.3) is 0 Å². The zero-order chi connectivity index (χ0) is 34.8. The summed E-state index contributed by atoms with van der Waals surface area (Å²) in [5, 5.41) is 4.08. The predicted octanol–water partition coefficient (Wildman–Crippen LogP) is 12.4. The fourth-order valence-corrected chi connectivity index (χ4v) is 9.36. The van der Waals surface area contributed by atoms with Gasteiger partial charge >= 0.3 is 0 Å². The summed E-state index contributed by atoms with van der Waals surface area (Å²) in [6.45, 7) is 18.5. The zero-order valence-corrected chi connectivity index (χ0v) is 34.6. The summed E-state index contributed by atoms with van der Waals surface area (Å²) in [4.78, 5) is 9.38. The smallest absolute Gasteiger partial charge is 0.0799 e. The Balaban J connectivity index is 0.000000211. The molecular formula is C45H46IrN2SSi-2. The minimum Gasteiger partial charge on any atom is -0.305 e. The van der Waals surface area contributed by atoms with Gasteiger partial charge in [0.05, 0.1) is 8.07 Å². The Hall–Kier alpha value is -3.73. The molecule has 0 bridgehead atoms. The number of fused-ring (bicyclic) bond motifs is 3. The summed E-state index contributed by atoms with van der Waals surface area (Å²) in [5.41, 5.74) is 9.77. The molecule has 4 aromatic carbocycles. The topological polar surface area (TPSA) is 25.8 Å². The standard InChI is InChI=1S/C28H24NS.C17H22NSi.Ir/c1-28(2,3)18-19-15-16-29-24(17-19)22-12-7-13-23-26-21(20-9-5-4-6-10-20)11-8-14-25(26)30-27(22)23;1-13(2)15-11-16(14-9-7-6-8-10-14)18-12-17(15)19(3,4)5;/h4-11,13-17H,18H2,1-3H3;6-9,11-13H,1-5H3;/q2*-1;. The van der Waals surface area contributed by atoms with Gasteiger partial charge in [-0.05, 0) is 67.7 Å². The van der Waals surface area contributed by atoms with Gasteiger partial charge in [0.1, 0.15) is 0 Å². The van der Waals surface area contributed by atoms with Crippen LogP contribution in [0.1, 0.15) is 51.7 Å². The van der Waals surface area contributed by atoms with Crippen molar-refractivity contribution < 1.29 is 20.1 Å². The van der Waals surface area contributed by atoms with Gasteiger partial charge < -0.3 is 9.97 Å². The van der Waals surface area contributed by atoms with Crippen LogP contribution in [0.25, 0.3) is 53.8 Å². The van der Waals surface area contributed by atoms with Crippen molar-refractivity contribution in [3.63, 3.8) is 0 Å². The maximum absolute atomic E-state index is 4.72. The molecule has 0 saturated heterocycles. The van der Waals surface area contributed by atoms with Crippen molar-refractivity contribution in [2.45, 2.75) is 66.6 Å². The first kappa shape index (κ1) is 37.5. The first-order valence-corrected chi connectivity index (χ1v) is 21.5. The minimum atomic E-state index is -1.34. The fraction of sp³-hybridized carbons (Fsp3) is 0.244. The molecule has 0 aliphatic carbocycles. The van der Waals surface area contributed by atoms with Crippen LogP contribution in [0.4, 0.5) is 0 Å². The molecule has 0 atom stereocenters. The summed E-state index contributed by atoms with van der Waals surface area (Å²) in [6.07, 6.45) is 5.06. The van der Waals surface area contributed by atoms with Crippen molar-refractivity contribution in [2.75, 3.05) is 0 Å². The zero-order valence-electron chi connectivity index (χ0n) is 30.4. The molecule has 1 radical (unpaired) electrons. The van der Waals surface area contributed by atoms with Crippen LogP contribution in [0.15, 0.2) is 116 Å². The number of benzene rings is 4. The second kappa shape index (κ2) is 15.7. The van der Waals surface area contributed by atoms with E-state index in [2.05, 4.69) is 156 Å².